The number of methoxy groups -OCH3 is 1. The van der Waals surface area contributed by atoms with Crippen molar-refractivity contribution in [2.75, 3.05) is 26.9 Å². The standard InChI is InChI=1S/C15H20ClNO2/c1-15(9-11-18,12-19-2)17-10-3-4-13-5-7-14(16)8-6-13/h5-8,17-18H,9-12H2,1-2H3. The molecule has 0 aliphatic carbocycles. The second-order valence-electron chi connectivity index (χ2n) is 4.63. The fraction of sp³-hybridized carbons (Fsp3) is 0.467. The molecule has 0 amide bonds. The minimum atomic E-state index is -0.252. The van der Waals surface area contributed by atoms with Crippen molar-refractivity contribution in [2.45, 2.75) is 18.9 Å². The summed E-state index contributed by atoms with van der Waals surface area (Å²) < 4.78 is 5.15. The molecule has 4 heteroatoms. The van der Waals surface area contributed by atoms with Gasteiger partial charge in [0.2, 0.25) is 0 Å². The molecule has 1 aromatic rings. The smallest absolute Gasteiger partial charge is 0.0642 e. The number of hydrogen-bond donors (Lipinski definition) is 2. The van der Waals surface area contributed by atoms with E-state index in [1.165, 1.54) is 0 Å². The highest BCUT2D eigenvalue weighted by Gasteiger charge is 2.21. The molecule has 0 aliphatic heterocycles. The highest BCUT2D eigenvalue weighted by Crippen LogP contribution is 2.09. The lowest BCUT2D eigenvalue weighted by Gasteiger charge is -2.28. The highest BCUT2D eigenvalue weighted by atomic mass is 35.5. The number of nitrogens with one attached hydrogen (secondary N) is 1. The van der Waals surface area contributed by atoms with Crippen molar-refractivity contribution in [3.8, 4) is 11.8 Å². The topological polar surface area (TPSA) is 41.5 Å². The number of benzene rings is 1. The lowest BCUT2D eigenvalue weighted by molar-refractivity contribution is 0.101. The molecule has 0 spiro atoms. The van der Waals surface area contributed by atoms with Gasteiger partial charge in [-0.15, -0.1) is 0 Å². The van der Waals surface area contributed by atoms with Gasteiger partial charge < -0.3 is 9.84 Å². The van der Waals surface area contributed by atoms with Gasteiger partial charge in [-0.3, -0.25) is 5.32 Å². The van der Waals surface area contributed by atoms with Gasteiger partial charge in [-0.1, -0.05) is 23.4 Å². The second kappa shape index (κ2) is 8.19. The molecule has 1 unspecified atom stereocenters. The van der Waals surface area contributed by atoms with Crippen LogP contribution in [-0.4, -0.2) is 37.5 Å². The highest BCUT2D eigenvalue weighted by molar-refractivity contribution is 6.30. The van der Waals surface area contributed by atoms with E-state index in [1.807, 2.05) is 31.2 Å². The molecule has 1 rings (SSSR count). The third kappa shape index (κ3) is 6.09. The van der Waals surface area contributed by atoms with E-state index in [1.54, 1.807) is 7.11 Å². The Morgan fingerprint density at radius 3 is 2.63 bits per heavy atom. The van der Waals surface area contributed by atoms with E-state index in [9.17, 15) is 0 Å². The number of aliphatic hydroxyl groups is 1. The molecule has 0 heterocycles. The van der Waals surface area contributed by atoms with E-state index in [4.69, 9.17) is 21.4 Å². The first kappa shape index (κ1) is 16.0. The first-order valence-corrected chi connectivity index (χ1v) is 6.57. The number of aliphatic hydroxyl groups excluding tert-OH is 1. The van der Waals surface area contributed by atoms with Crippen molar-refractivity contribution in [1.29, 1.82) is 0 Å². The van der Waals surface area contributed by atoms with Crippen LogP contribution >= 0.6 is 11.6 Å². The van der Waals surface area contributed by atoms with E-state index >= 15 is 0 Å². The summed E-state index contributed by atoms with van der Waals surface area (Å²) in [7, 11) is 1.65. The van der Waals surface area contributed by atoms with Crippen molar-refractivity contribution in [3.63, 3.8) is 0 Å². The maximum absolute atomic E-state index is 9.04. The summed E-state index contributed by atoms with van der Waals surface area (Å²) in [6.45, 7) is 3.22. The summed E-state index contributed by atoms with van der Waals surface area (Å²) in [6.07, 6.45) is 0.628. The monoisotopic (exact) mass is 281 g/mol. The molecule has 104 valence electrons. The van der Waals surface area contributed by atoms with Crippen LogP contribution in [0.15, 0.2) is 24.3 Å². The SMILES string of the molecule is COCC(C)(CCO)NCC#Cc1ccc(Cl)cc1. The molecule has 19 heavy (non-hydrogen) atoms. The van der Waals surface area contributed by atoms with E-state index in [2.05, 4.69) is 17.2 Å². The van der Waals surface area contributed by atoms with Crippen LogP contribution in [0.2, 0.25) is 5.02 Å². The van der Waals surface area contributed by atoms with Crippen molar-refractivity contribution in [1.82, 2.24) is 5.32 Å². The Morgan fingerprint density at radius 2 is 2.05 bits per heavy atom. The minimum Gasteiger partial charge on any atom is -0.396 e. The predicted molar refractivity (Wildman–Crippen MR) is 78.3 cm³/mol. The fourth-order valence-corrected chi connectivity index (χ4v) is 1.84. The second-order valence-corrected chi connectivity index (χ2v) is 5.07. The number of halogens is 1. The van der Waals surface area contributed by atoms with Gasteiger partial charge in [0.05, 0.1) is 13.2 Å². The zero-order valence-electron chi connectivity index (χ0n) is 11.4. The minimum absolute atomic E-state index is 0.122. The van der Waals surface area contributed by atoms with Gasteiger partial charge >= 0.3 is 0 Å². The molecule has 0 saturated heterocycles. The maximum Gasteiger partial charge on any atom is 0.0642 e. The molecule has 0 bridgehead atoms. The van der Waals surface area contributed by atoms with Crippen molar-refractivity contribution in [2.24, 2.45) is 0 Å². The third-order valence-corrected chi connectivity index (χ3v) is 3.06. The lowest BCUT2D eigenvalue weighted by Crippen LogP contribution is -2.47. The van der Waals surface area contributed by atoms with Crippen LogP contribution < -0.4 is 5.32 Å². The first-order chi connectivity index (χ1) is 9.09. The molecule has 1 aromatic carbocycles. The first-order valence-electron chi connectivity index (χ1n) is 6.19. The van der Waals surface area contributed by atoms with Gasteiger partial charge in [0.25, 0.3) is 0 Å². The van der Waals surface area contributed by atoms with Gasteiger partial charge in [-0.2, -0.15) is 0 Å². The zero-order chi connectivity index (χ0) is 14.1. The van der Waals surface area contributed by atoms with Gasteiger partial charge in [0.15, 0.2) is 0 Å². The van der Waals surface area contributed by atoms with Crippen molar-refractivity contribution in [3.05, 3.63) is 34.9 Å². The van der Waals surface area contributed by atoms with Crippen LogP contribution in [0, 0.1) is 11.8 Å². The molecular weight excluding hydrogens is 262 g/mol. The summed E-state index contributed by atoms with van der Waals surface area (Å²) in [5.74, 6) is 6.11. The van der Waals surface area contributed by atoms with Crippen molar-refractivity contribution < 1.29 is 9.84 Å². The Balaban J connectivity index is 2.50. The van der Waals surface area contributed by atoms with E-state index in [0.717, 1.165) is 5.56 Å². The Bertz CT molecular complexity index is 428. The lowest BCUT2D eigenvalue weighted by atomic mass is 9.99. The summed E-state index contributed by atoms with van der Waals surface area (Å²) in [5.41, 5.74) is 0.680. The molecule has 0 saturated carbocycles. The van der Waals surface area contributed by atoms with Gasteiger partial charge in [-0.05, 0) is 37.6 Å². The van der Waals surface area contributed by atoms with Gasteiger partial charge in [-0.25, -0.2) is 0 Å². The van der Waals surface area contributed by atoms with Crippen LogP contribution in [-0.2, 0) is 4.74 Å². The van der Waals surface area contributed by atoms with Crippen LogP contribution in [0.25, 0.3) is 0 Å². The van der Waals surface area contributed by atoms with Gasteiger partial charge in [0.1, 0.15) is 0 Å². The summed E-state index contributed by atoms with van der Waals surface area (Å²) in [5, 5.41) is 13.0. The Morgan fingerprint density at radius 1 is 1.37 bits per heavy atom. The van der Waals surface area contributed by atoms with E-state index in [0.29, 0.717) is 24.6 Å². The quantitative estimate of drug-likeness (QED) is 0.785. The molecule has 0 aromatic heterocycles. The Kier molecular flexibility index (Phi) is 6.90. The zero-order valence-corrected chi connectivity index (χ0v) is 12.1. The van der Waals surface area contributed by atoms with E-state index < -0.39 is 0 Å². The normalized spacial score (nSPS) is 13.5. The van der Waals surface area contributed by atoms with E-state index in [-0.39, 0.29) is 12.1 Å². The third-order valence-electron chi connectivity index (χ3n) is 2.81. The summed E-state index contributed by atoms with van der Waals surface area (Å²) in [6, 6.07) is 7.41. The molecular formula is C15H20ClNO2. The van der Waals surface area contributed by atoms with Crippen LogP contribution in [0.1, 0.15) is 18.9 Å². The fourth-order valence-electron chi connectivity index (χ4n) is 1.71. The molecule has 0 radical (unpaired) electrons. The average Bonchev–Trinajstić information content (AvgIpc) is 2.37. The molecule has 2 N–H and O–H groups in total. The van der Waals surface area contributed by atoms with Gasteiger partial charge in [0, 0.05) is 29.8 Å². The van der Waals surface area contributed by atoms with Crippen LogP contribution in [0.3, 0.4) is 0 Å². The predicted octanol–water partition coefficient (Wildman–Crippen LogP) is 2.07. The number of ether oxygens (including phenoxy) is 1. The molecule has 3 nitrogen and oxygen atoms in total. The molecule has 1 atom stereocenters. The van der Waals surface area contributed by atoms with Crippen LogP contribution in [0.5, 0.6) is 0 Å². The Hall–Kier alpha value is -1.05. The van der Waals surface area contributed by atoms with Crippen molar-refractivity contribution >= 4 is 11.6 Å². The number of hydrogen-bond acceptors (Lipinski definition) is 3. The average molecular weight is 282 g/mol. The summed E-state index contributed by atoms with van der Waals surface area (Å²) >= 11 is 5.80. The maximum atomic E-state index is 9.04. The molecule has 0 fully saturated rings. The molecule has 0 aliphatic rings. The Labute approximate surface area is 119 Å². The largest absolute Gasteiger partial charge is 0.396 e. The number of rotatable bonds is 6. The van der Waals surface area contributed by atoms with Crippen LogP contribution in [0.4, 0.5) is 0 Å². The summed E-state index contributed by atoms with van der Waals surface area (Å²) in [4.78, 5) is 0.